The summed E-state index contributed by atoms with van der Waals surface area (Å²) in [6.45, 7) is 8.72. The Hall–Kier alpha value is -0.800. The van der Waals surface area contributed by atoms with Crippen molar-refractivity contribution in [2.45, 2.75) is 56.2 Å². The highest BCUT2D eigenvalue weighted by molar-refractivity contribution is 7.91. The van der Waals surface area contributed by atoms with Gasteiger partial charge in [0, 0.05) is 24.5 Å². The molecule has 2 aromatic heterocycles. The number of sulfonamides is 1. The Morgan fingerprint density at radius 2 is 2.15 bits per heavy atom. The second-order valence-corrected chi connectivity index (χ2v) is 11.1. The standard InChI is InChI=1S/C18H27N3O2S3/c1-13(2)15-12-24-18(20-15)16-7-8-17(25-16)26(22,23)19-9-11-21-10-5-4-6-14(21)3/h7-8,12-14,19H,4-6,9-11H2,1-3H3/t14-/m1/s1. The number of nitrogens with zero attached hydrogens (tertiary/aromatic N) is 2. The van der Waals surface area contributed by atoms with E-state index in [-0.39, 0.29) is 0 Å². The lowest BCUT2D eigenvalue weighted by atomic mass is 10.0. The zero-order valence-electron chi connectivity index (χ0n) is 15.6. The van der Waals surface area contributed by atoms with Crippen LogP contribution >= 0.6 is 22.7 Å². The van der Waals surface area contributed by atoms with Crippen LogP contribution in [0.1, 0.15) is 51.6 Å². The van der Waals surface area contributed by atoms with E-state index in [0.29, 0.717) is 22.7 Å². The lowest BCUT2D eigenvalue weighted by Gasteiger charge is -2.33. The normalized spacial score (nSPS) is 19.3. The van der Waals surface area contributed by atoms with Crippen LogP contribution in [-0.2, 0) is 10.0 Å². The first-order chi connectivity index (χ1) is 12.4. The van der Waals surface area contributed by atoms with Gasteiger partial charge in [-0.25, -0.2) is 18.1 Å². The summed E-state index contributed by atoms with van der Waals surface area (Å²) in [5, 5.41) is 2.94. The summed E-state index contributed by atoms with van der Waals surface area (Å²) in [7, 11) is -3.46. The van der Waals surface area contributed by atoms with Gasteiger partial charge in [-0.1, -0.05) is 20.3 Å². The Kier molecular flexibility index (Phi) is 6.50. The molecule has 0 amide bonds. The molecule has 0 aliphatic carbocycles. The highest BCUT2D eigenvalue weighted by Crippen LogP contribution is 2.33. The minimum absolute atomic E-state index is 0.362. The number of thiophene rings is 1. The predicted octanol–water partition coefficient (Wildman–Crippen LogP) is 4.15. The van der Waals surface area contributed by atoms with Crippen LogP contribution < -0.4 is 4.72 Å². The van der Waals surface area contributed by atoms with Gasteiger partial charge in [-0.2, -0.15) is 0 Å². The molecule has 1 N–H and O–H groups in total. The van der Waals surface area contributed by atoms with E-state index in [9.17, 15) is 8.42 Å². The SMILES string of the molecule is CC(C)c1csc(-c2ccc(S(=O)(=O)NCCN3CCCC[C@H]3C)s2)n1. The van der Waals surface area contributed by atoms with E-state index in [1.807, 2.05) is 11.4 Å². The van der Waals surface area contributed by atoms with Gasteiger partial charge in [-0.05, 0) is 44.4 Å². The smallest absolute Gasteiger partial charge is 0.250 e. The first kappa shape index (κ1) is 19.9. The lowest BCUT2D eigenvalue weighted by molar-refractivity contribution is 0.164. The van der Waals surface area contributed by atoms with Crippen molar-refractivity contribution in [3.05, 3.63) is 23.2 Å². The number of rotatable bonds is 7. The Balaban J connectivity index is 1.61. The Morgan fingerprint density at radius 1 is 1.35 bits per heavy atom. The molecule has 0 bridgehead atoms. The van der Waals surface area contributed by atoms with E-state index in [2.05, 4.69) is 35.4 Å². The molecular formula is C18H27N3O2S3. The summed E-state index contributed by atoms with van der Waals surface area (Å²) < 4.78 is 28.3. The Labute approximate surface area is 164 Å². The van der Waals surface area contributed by atoms with Crippen molar-refractivity contribution in [1.82, 2.24) is 14.6 Å². The molecule has 8 heteroatoms. The Morgan fingerprint density at radius 3 is 2.85 bits per heavy atom. The summed E-state index contributed by atoms with van der Waals surface area (Å²) >= 11 is 2.86. The second-order valence-electron chi connectivity index (χ2n) is 7.13. The van der Waals surface area contributed by atoms with Crippen LogP contribution in [0.15, 0.2) is 21.7 Å². The fraction of sp³-hybridized carbons (Fsp3) is 0.611. The molecule has 5 nitrogen and oxygen atoms in total. The monoisotopic (exact) mass is 413 g/mol. The van der Waals surface area contributed by atoms with E-state index in [4.69, 9.17) is 0 Å². The second kappa shape index (κ2) is 8.48. The molecule has 1 atom stereocenters. The van der Waals surface area contributed by atoms with Crippen LogP contribution in [0, 0.1) is 0 Å². The molecule has 0 radical (unpaired) electrons. The highest BCUT2D eigenvalue weighted by Gasteiger charge is 2.21. The molecule has 0 aromatic carbocycles. The summed E-state index contributed by atoms with van der Waals surface area (Å²) in [5.41, 5.74) is 1.05. The molecule has 1 saturated heterocycles. The molecule has 144 valence electrons. The lowest BCUT2D eigenvalue weighted by Crippen LogP contribution is -2.42. The van der Waals surface area contributed by atoms with Crippen LogP contribution in [0.5, 0.6) is 0 Å². The first-order valence-electron chi connectivity index (χ1n) is 9.16. The molecule has 1 aliphatic rings. The molecule has 1 aliphatic heterocycles. The molecule has 3 rings (SSSR count). The molecule has 26 heavy (non-hydrogen) atoms. The van der Waals surface area contributed by atoms with Gasteiger partial charge < -0.3 is 0 Å². The average molecular weight is 414 g/mol. The van der Waals surface area contributed by atoms with Gasteiger partial charge in [0.25, 0.3) is 0 Å². The number of likely N-dealkylation sites (tertiary alicyclic amines) is 1. The summed E-state index contributed by atoms with van der Waals surface area (Å²) in [6.07, 6.45) is 3.68. The van der Waals surface area contributed by atoms with Crippen molar-refractivity contribution in [3.8, 4) is 9.88 Å². The third-order valence-electron chi connectivity index (χ3n) is 4.80. The van der Waals surface area contributed by atoms with Gasteiger partial charge in [0.15, 0.2) is 0 Å². The topological polar surface area (TPSA) is 62.3 Å². The number of hydrogen-bond acceptors (Lipinski definition) is 6. The maximum absolute atomic E-state index is 12.6. The highest BCUT2D eigenvalue weighted by atomic mass is 32.2. The van der Waals surface area contributed by atoms with E-state index in [1.54, 1.807) is 17.4 Å². The first-order valence-corrected chi connectivity index (χ1v) is 12.3. The number of piperidine rings is 1. The fourth-order valence-electron chi connectivity index (χ4n) is 3.13. The van der Waals surface area contributed by atoms with E-state index in [1.165, 1.54) is 30.6 Å². The minimum atomic E-state index is -3.46. The van der Waals surface area contributed by atoms with Crippen molar-refractivity contribution < 1.29 is 8.42 Å². The van der Waals surface area contributed by atoms with Crippen molar-refractivity contribution in [1.29, 1.82) is 0 Å². The predicted molar refractivity (Wildman–Crippen MR) is 110 cm³/mol. The van der Waals surface area contributed by atoms with E-state index >= 15 is 0 Å². The van der Waals surface area contributed by atoms with Crippen LogP contribution in [0.3, 0.4) is 0 Å². The quantitative estimate of drug-likeness (QED) is 0.741. The zero-order chi connectivity index (χ0) is 18.7. The molecule has 1 fully saturated rings. The summed E-state index contributed by atoms with van der Waals surface area (Å²) in [6, 6.07) is 4.08. The Bertz CT molecular complexity index is 826. The average Bonchev–Trinajstić information content (AvgIpc) is 3.26. The van der Waals surface area contributed by atoms with Crippen molar-refractivity contribution in [2.75, 3.05) is 19.6 Å². The molecular weight excluding hydrogens is 386 g/mol. The van der Waals surface area contributed by atoms with E-state index < -0.39 is 10.0 Å². The molecule has 0 unspecified atom stereocenters. The zero-order valence-corrected chi connectivity index (χ0v) is 18.0. The summed E-state index contributed by atoms with van der Waals surface area (Å²) in [4.78, 5) is 7.89. The molecule has 0 saturated carbocycles. The van der Waals surface area contributed by atoms with Gasteiger partial charge in [0.05, 0.1) is 10.6 Å². The summed E-state index contributed by atoms with van der Waals surface area (Å²) in [5.74, 6) is 0.377. The number of hydrogen-bond donors (Lipinski definition) is 1. The van der Waals surface area contributed by atoms with Crippen LogP contribution in [0.4, 0.5) is 0 Å². The van der Waals surface area contributed by atoms with Crippen LogP contribution in [0.2, 0.25) is 0 Å². The number of nitrogens with one attached hydrogen (secondary N) is 1. The van der Waals surface area contributed by atoms with Crippen LogP contribution in [-0.4, -0.2) is 44.0 Å². The third kappa shape index (κ3) is 4.72. The van der Waals surface area contributed by atoms with Gasteiger partial charge in [-0.15, -0.1) is 22.7 Å². The fourth-order valence-corrected chi connectivity index (χ4v) is 6.55. The van der Waals surface area contributed by atoms with Crippen molar-refractivity contribution in [3.63, 3.8) is 0 Å². The van der Waals surface area contributed by atoms with Gasteiger partial charge >= 0.3 is 0 Å². The van der Waals surface area contributed by atoms with Gasteiger partial charge in [0.1, 0.15) is 9.22 Å². The maximum Gasteiger partial charge on any atom is 0.250 e. The van der Waals surface area contributed by atoms with Crippen molar-refractivity contribution in [2.24, 2.45) is 0 Å². The van der Waals surface area contributed by atoms with E-state index in [0.717, 1.165) is 28.7 Å². The maximum atomic E-state index is 12.6. The molecule has 2 aromatic rings. The minimum Gasteiger partial charge on any atom is -0.299 e. The molecule has 0 spiro atoms. The van der Waals surface area contributed by atoms with Crippen LogP contribution in [0.25, 0.3) is 9.88 Å². The van der Waals surface area contributed by atoms with Crippen molar-refractivity contribution >= 4 is 32.7 Å². The molecule has 3 heterocycles. The number of aromatic nitrogens is 1. The van der Waals surface area contributed by atoms with Gasteiger partial charge in [0.2, 0.25) is 10.0 Å². The largest absolute Gasteiger partial charge is 0.299 e. The third-order valence-corrected chi connectivity index (χ3v) is 8.87. The number of thiazole rings is 1. The van der Waals surface area contributed by atoms with Gasteiger partial charge in [-0.3, -0.25) is 4.90 Å².